The van der Waals surface area contributed by atoms with Gasteiger partial charge in [0, 0.05) is 5.39 Å². The van der Waals surface area contributed by atoms with Gasteiger partial charge in [-0.2, -0.15) is 8.42 Å². The van der Waals surface area contributed by atoms with Gasteiger partial charge in [0.2, 0.25) is 0 Å². The standard InChI is InChI=1S/C14H16BFO6S/c1-13(2)14(3,4)22-15(21-13)12-8-9-7-10(20-23(16,17)18)5-6-11(9)19-12/h5-8H,1-4H3. The van der Waals surface area contributed by atoms with Gasteiger partial charge in [0.05, 0.1) is 11.2 Å². The second kappa shape index (κ2) is 4.96. The normalized spacial score (nSPS) is 20.1. The highest BCUT2D eigenvalue weighted by atomic mass is 32.3. The van der Waals surface area contributed by atoms with Crippen LogP contribution in [0.5, 0.6) is 5.75 Å². The van der Waals surface area contributed by atoms with Gasteiger partial charge in [0.25, 0.3) is 0 Å². The van der Waals surface area contributed by atoms with Crippen LogP contribution in [0.25, 0.3) is 11.0 Å². The average Bonchev–Trinajstić information content (AvgIpc) is 2.86. The maximum absolute atomic E-state index is 12.6. The minimum Gasteiger partial charge on any atom is -0.465 e. The molecule has 1 saturated heterocycles. The molecule has 0 aliphatic carbocycles. The van der Waals surface area contributed by atoms with Gasteiger partial charge in [0.15, 0.2) is 0 Å². The molecule has 2 heterocycles. The molecule has 0 N–H and O–H groups in total. The molecule has 0 atom stereocenters. The van der Waals surface area contributed by atoms with Crippen LogP contribution in [0.4, 0.5) is 3.89 Å². The van der Waals surface area contributed by atoms with Gasteiger partial charge in [-0.3, -0.25) is 0 Å². The lowest BCUT2D eigenvalue weighted by Crippen LogP contribution is -2.41. The van der Waals surface area contributed by atoms with Gasteiger partial charge in [0.1, 0.15) is 17.0 Å². The Morgan fingerprint density at radius 2 is 1.70 bits per heavy atom. The lowest BCUT2D eigenvalue weighted by molar-refractivity contribution is 0.00578. The topological polar surface area (TPSA) is 75.0 Å². The molecule has 6 nitrogen and oxygen atoms in total. The Kier molecular flexibility index (Phi) is 3.51. The third-order valence-electron chi connectivity index (χ3n) is 4.19. The minimum absolute atomic E-state index is 0.138. The van der Waals surface area contributed by atoms with Gasteiger partial charge >= 0.3 is 17.6 Å². The van der Waals surface area contributed by atoms with Crippen LogP contribution in [0.15, 0.2) is 28.7 Å². The highest BCUT2D eigenvalue weighted by Crippen LogP contribution is 2.37. The second-order valence-corrected chi connectivity index (χ2v) is 7.37. The summed E-state index contributed by atoms with van der Waals surface area (Å²) >= 11 is 0. The third-order valence-corrected chi connectivity index (χ3v) is 4.58. The van der Waals surface area contributed by atoms with Crippen molar-refractivity contribution in [3.8, 4) is 5.75 Å². The Bertz CT molecular complexity index is 841. The summed E-state index contributed by atoms with van der Waals surface area (Å²) in [5.41, 5.74) is -0.0855. The molecule has 0 saturated carbocycles. The van der Waals surface area contributed by atoms with Crippen LogP contribution in [0.3, 0.4) is 0 Å². The quantitative estimate of drug-likeness (QED) is 0.630. The highest BCUT2D eigenvalue weighted by molar-refractivity contribution is 7.81. The van der Waals surface area contributed by atoms with E-state index >= 15 is 0 Å². The van der Waals surface area contributed by atoms with Crippen LogP contribution >= 0.6 is 0 Å². The third kappa shape index (κ3) is 3.08. The van der Waals surface area contributed by atoms with Crippen LogP contribution < -0.4 is 9.84 Å². The predicted octanol–water partition coefficient (Wildman–Crippen LogP) is 2.33. The Morgan fingerprint density at radius 3 is 2.26 bits per heavy atom. The molecule has 2 aromatic rings. The zero-order valence-electron chi connectivity index (χ0n) is 13.1. The molecule has 1 aromatic carbocycles. The summed E-state index contributed by atoms with van der Waals surface area (Å²) in [7, 11) is -5.74. The molecule has 3 rings (SSSR count). The van der Waals surface area contributed by atoms with Crippen molar-refractivity contribution >= 4 is 34.3 Å². The highest BCUT2D eigenvalue weighted by Gasteiger charge is 2.53. The van der Waals surface area contributed by atoms with Crippen molar-refractivity contribution in [2.24, 2.45) is 0 Å². The number of hydrogen-bond acceptors (Lipinski definition) is 6. The van der Waals surface area contributed by atoms with E-state index in [2.05, 4.69) is 4.18 Å². The number of fused-ring (bicyclic) bond motifs is 1. The number of rotatable bonds is 3. The van der Waals surface area contributed by atoms with Gasteiger partial charge < -0.3 is 17.9 Å². The van der Waals surface area contributed by atoms with Gasteiger partial charge in [-0.1, -0.05) is 3.89 Å². The maximum atomic E-state index is 12.6. The molecule has 1 aliphatic rings. The first-order valence-corrected chi connectivity index (χ1v) is 8.31. The minimum atomic E-state index is -5.07. The fourth-order valence-corrected chi connectivity index (χ4v) is 2.62. The Balaban J connectivity index is 1.92. The molecular weight excluding hydrogens is 326 g/mol. The Hall–Kier alpha value is -1.58. The molecule has 1 aliphatic heterocycles. The molecule has 1 aromatic heterocycles. The Morgan fingerprint density at radius 1 is 1.09 bits per heavy atom. The summed E-state index contributed by atoms with van der Waals surface area (Å²) < 4.78 is 55.3. The van der Waals surface area contributed by atoms with E-state index in [1.54, 1.807) is 6.07 Å². The number of halogens is 1. The first-order chi connectivity index (χ1) is 10.5. The summed E-state index contributed by atoms with van der Waals surface area (Å²) in [6.45, 7) is 7.70. The number of benzene rings is 1. The van der Waals surface area contributed by atoms with Crippen molar-refractivity contribution in [3.63, 3.8) is 0 Å². The van der Waals surface area contributed by atoms with E-state index in [1.807, 2.05) is 27.7 Å². The average molecular weight is 342 g/mol. The molecule has 9 heteroatoms. The van der Waals surface area contributed by atoms with E-state index in [-0.39, 0.29) is 5.75 Å². The molecule has 0 radical (unpaired) electrons. The molecule has 0 unspecified atom stereocenters. The van der Waals surface area contributed by atoms with Crippen LogP contribution in [-0.4, -0.2) is 26.7 Å². The van der Waals surface area contributed by atoms with Crippen LogP contribution in [0.1, 0.15) is 27.7 Å². The van der Waals surface area contributed by atoms with E-state index in [4.69, 9.17) is 13.7 Å². The maximum Gasteiger partial charge on any atom is 0.532 e. The van der Waals surface area contributed by atoms with E-state index in [0.29, 0.717) is 16.6 Å². The van der Waals surface area contributed by atoms with Gasteiger partial charge in [-0.05, 0) is 52.0 Å². The SMILES string of the molecule is CC1(C)OB(c2cc3cc(OS(=O)(=O)F)ccc3o2)OC1(C)C. The Labute approximate surface area is 134 Å². The monoisotopic (exact) mass is 342 g/mol. The smallest absolute Gasteiger partial charge is 0.465 e. The van der Waals surface area contributed by atoms with Gasteiger partial charge in [-0.15, -0.1) is 0 Å². The predicted molar refractivity (Wildman–Crippen MR) is 82.6 cm³/mol. The van der Waals surface area contributed by atoms with E-state index in [9.17, 15) is 12.3 Å². The summed E-state index contributed by atoms with van der Waals surface area (Å²) in [6, 6.07) is 5.81. The first kappa shape index (κ1) is 16.3. The van der Waals surface area contributed by atoms with Crippen molar-refractivity contribution in [2.75, 3.05) is 0 Å². The van der Waals surface area contributed by atoms with Crippen molar-refractivity contribution in [3.05, 3.63) is 24.3 Å². The molecule has 124 valence electrons. The van der Waals surface area contributed by atoms with E-state index in [0.717, 1.165) is 0 Å². The van der Waals surface area contributed by atoms with Crippen LogP contribution in [0, 0.1) is 0 Å². The molecule has 0 bridgehead atoms. The second-order valence-electron chi connectivity index (χ2n) is 6.41. The molecular formula is C14H16BFO6S. The summed E-state index contributed by atoms with van der Waals surface area (Å²) in [4.78, 5) is 0. The van der Waals surface area contributed by atoms with Crippen molar-refractivity contribution in [2.45, 2.75) is 38.9 Å². The fourth-order valence-electron chi connectivity index (χ4n) is 2.28. The zero-order chi connectivity index (χ0) is 17.0. The summed E-state index contributed by atoms with van der Waals surface area (Å²) in [6.07, 6.45) is 0. The zero-order valence-corrected chi connectivity index (χ0v) is 13.9. The molecule has 0 spiro atoms. The van der Waals surface area contributed by atoms with E-state index < -0.39 is 28.8 Å². The fraction of sp³-hybridized carbons (Fsp3) is 0.429. The van der Waals surface area contributed by atoms with E-state index in [1.165, 1.54) is 18.2 Å². The number of furan rings is 1. The largest absolute Gasteiger partial charge is 0.532 e. The van der Waals surface area contributed by atoms with Crippen LogP contribution in [0.2, 0.25) is 0 Å². The lowest BCUT2D eigenvalue weighted by Gasteiger charge is -2.32. The molecule has 1 fully saturated rings. The van der Waals surface area contributed by atoms with Crippen molar-refractivity contribution < 1.29 is 30.2 Å². The molecule has 0 amide bonds. The summed E-state index contributed by atoms with van der Waals surface area (Å²) in [5.74, 6) is -0.138. The first-order valence-electron chi connectivity index (χ1n) is 7.00. The lowest BCUT2D eigenvalue weighted by atomic mass is 9.86. The van der Waals surface area contributed by atoms with Gasteiger partial charge in [-0.25, -0.2) is 0 Å². The number of hydrogen-bond donors (Lipinski definition) is 0. The van der Waals surface area contributed by atoms with Crippen LogP contribution in [-0.2, 0) is 19.8 Å². The van der Waals surface area contributed by atoms with Crippen molar-refractivity contribution in [1.29, 1.82) is 0 Å². The molecule has 23 heavy (non-hydrogen) atoms. The van der Waals surface area contributed by atoms with Crippen molar-refractivity contribution in [1.82, 2.24) is 0 Å². The summed E-state index contributed by atoms with van der Waals surface area (Å²) in [5, 5.41) is 0.552.